The monoisotopic (exact) mass is 541 g/mol. The molecule has 0 saturated carbocycles. The van der Waals surface area contributed by atoms with Crippen LogP contribution in [0.1, 0.15) is 25.8 Å². The van der Waals surface area contributed by atoms with E-state index in [1.54, 1.807) is 37.3 Å². The van der Waals surface area contributed by atoms with Crippen molar-refractivity contribution in [2.45, 2.75) is 37.6 Å². The summed E-state index contributed by atoms with van der Waals surface area (Å²) in [5.41, 5.74) is 1.35. The van der Waals surface area contributed by atoms with Gasteiger partial charge in [-0.2, -0.15) is 0 Å². The van der Waals surface area contributed by atoms with Crippen LogP contribution in [-0.4, -0.2) is 50.8 Å². The van der Waals surface area contributed by atoms with Crippen LogP contribution in [0.4, 0.5) is 5.69 Å². The van der Waals surface area contributed by atoms with E-state index >= 15 is 0 Å². The van der Waals surface area contributed by atoms with Gasteiger partial charge in [-0.3, -0.25) is 13.9 Å². The second-order valence-corrected chi connectivity index (χ2v) is 10.9. The SMILES string of the molecule is CCCNC(=O)[C@@H](C)N(CCc1ccccc1)C(=O)CN(c1ccccc1)S(=O)(=O)c1ccc(Cl)cc1. The number of hydrogen-bond donors (Lipinski definition) is 1. The van der Waals surface area contributed by atoms with Gasteiger partial charge in [-0.05, 0) is 61.7 Å². The van der Waals surface area contributed by atoms with Crippen molar-refractivity contribution in [3.8, 4) is 0 Å². The summed E-state index contributed by atoms with van der Waals surface area (Å²) in [6, 6.07) is 23.1. The third-order valence-electron chi connectivity index (χ3n) is 5.93. The summed E-state index contributed by atoms with van der Waals surface area (Å²) in [5.74, 6) is -0.758. The van der Waals surface area contributed by atoms with E-state index in [4.69, 9.17) is 11.6 Å². The van der Waals surface area contributed by atoms with E-state index < -0.39 is 28.5 Å². The molecule has 0 aliphatic rings. The van der Waals surface area contributed by atoms with E-state index in [0.29, 0.717) is 23.7 Å². The lowest BCUT2D eigenvalue weighted by molar-refractivity contribution is -0.138. The fourth-order valence-corrected chi connectivity index (χ4v) is 5.36. The summed E-state index contributed by atoms with van der Waals surface area (Å²) in [7, 11) is -4.10. The van der Waals surface area contributed by atoms with Gasteiger partial charge < -0.3 is 10.2 Å². The molecule has 0 spiro atoms. The third kappa shape index (κ3) is 7.57. The van der Waals surface area contributed by atoms with Gasteiger partial charge in [-0.25, -0.2) is 8.42 Å². The molecule has 3 aromatic carbocycles. The number of rotatable bonds is 12. The Morgan fingerprint density at radius 3 is 2.11 bits per heavy atom. The molecule has 196 valence electrons. The first-order valence-corrected chi connectivity index (χ1v) is 14.0. The highest BCUT2D eigenvalue weighted by Gasteiger charge is 2.32. The van der Waals surface area contributed by atoms with E-state index in [1.165, 1.54) is 29.2 Å². The van der Waals surface area contributed by atoms with Crippen molar-refractivity contribution in [1.82, 2.24) is 10.2 Å². The molecule has 9 heteroatoms. The molecule has 1 atom stereocenters. The standard InChI is InChI=1S/C28H32ClN3O4S/c1-3-19-30-28(34)22(2)31(20-18-23-10-6-4-7-11-23)27(33)21-32(25-12-8-5-9-13-25)37(35,36)26-16-14-24(29)15-17-26/h4-17,22H,3,18-21H2,1-2H3,(H,30,34)/t22-/m1/s1. The first kappa shape index (κ1) is 28.2. The van der Waals surface area contributed by atoms with Crippen molar-refractivity contribution < 1.29 is 18.0 Å². The van der Waals surface area contributed by atoms with Gasteiger partial charge in [0.15, 0.2) is 0 Å². The first-order valence-electron chi connectivity index (χ1n) is 12.2. The van der Waals surface area contributed by atoms with Crippen LogP contribution in [0, 0.1) is 0 Å². The lowest BCUT2D eigenvalue weighted by atomic mass is 10.1. The van der Waals surface area contributed by atoms with Crippen LogP contribution in [-0.2, 0) is 26.0 Å². The number of anilines is 1. The van der Waals surface area contributed by atoms with Gasteiger partial charge in [0.1, 0.15) is 12.6 Å². The zero-order valence-electron chi connectivity index (χ0n) is 21.0. The van der Waals surface area contributed by atoms with Gasteiger partial charge >= 0.3 is 0 Å². The van der Waals surface area contributed by atoms with Gasteiger partial charge in [0.25, 0.3) is 10.0 Å². The van der Waals surface area contributed by atoms with Crippen LogP contribution in [0.3, 0.4) is 0 Å². The summed E-state index contributed by atoms with van der Waals surface area (Å²) in [4.78, 5) is 28.0. The van der Waals surface area contributed by atoms with Gasteiger partial charge in [0.2, 0.25) is 11.8 Å². The van der Waals surface area contributed by atoms with Crippen molar-refractivity contribution in [2.75, 3.05) is 23.9 Å². The average molecular weight is 542 g/mol. The number of benzene rings is 3. The summed E-state index contributed by atoms with van der Waals surface area (Å²) in [5, 5.41) is 3.24. The second-order valence-electron chi connectivity index (χ2n) is 8.59. The molecule has 2 amide bonds. The van der Waals surface area contributed by atoms with E-state index in [1.807, 2.05) is 37.3 Å². The largest absolute Gasteiger partial charge is 0.354 e. The van der Waals surface area contributed by atoms with Crippen LogP contribution in [0.15, 0.2) is 89.8 Å². The lowest BCUT2D eigenvalue weighted by Crippen LogP contribution is -2.52. The minimum atomic E-state index is -4.10. The molecular weight excluding hydrogens is 510 g/mol. The maximum Gasteiger partial charge on any atom is 0.264 e. The van der Waals surface area contributed by atoms with Gasteiger partial charge in [-0.15, -0.1) is 0 Å². The van der Waals surface area contributed by atoms with E-state index in [9.17, 15) is 18.0 Å². The highest BCUT2D eigenvalue weighted by molar-refractivity contribution is 7.92. The van der Waals surface area contributed by atoms with Crippen molar-refractivity contribution in [3.05, 3.63) is 95.5 Å². The number of nitrogens with one attached hydrogen (secondary N) is 1. The number of nitrogens with zero attached hydrogens (tertiary/aromatic N) is 2. The minimum Gasteiger partial charge on any atom is -0.354 e. The molecule has 3 rings (SSSR count). The Morgan fingerprint density at radius 2 is 1.51 bits per heavy atom. The maximum absolute atomic E-state index is 13.7. The number of carbonyl (C=O) groups excluding carboxylic acids is 2. The minimum absolute atomic E-state index is 0.0122. The molecule has 0 bridgehead atoms. The maximum atomic E-state index is 13.7. The molecular formula is C28H32ClN3O4S. The number of para-hydroxylation sites is 1. The van der Waals surface area contributed by atoms with Crippen molar-refractivity contribution in [3.63, 3.8) is 0 Å². The molecule has 7 nitrogen and oxygen atoms in total. The van der Waals surface area contributed by atoms with E-state index in [-0.39, 0.29) is 17.3 Å². The molecule has 0 unspecified atom stereocenters. The molecule has 1 N–H and O–H groups in total. The number of hydrogen-bond acceptors (Lipinski definition) is 4. The summed E-state index contributed by atoms with van der Waals surface area (Å²) < 4.78 is 28.4. The lowest BCUT2D eigenvalue weighted by Gasteiger charge is -2.32. The zero-order chi connectivity index (χ0) is 26.8. The molecule has 0 aliphatic carbocycles. The zero-order valence-corrected chi connectivity index (χ0v) is 22.6. The normalized spacial score (nSPS) is 12.0. The van der Waals surface area contributed by atoms with E-state index in [0.717, 1.165) is 16.3 Å². The molecule has 0 aliphatic heterocycles. The second kappa shape index (κ2) is 13.3. The molecule has 0 heterocycles. The number of sulfonamides is 1. The topological polar surface area (TPSA) is 86.8 Å². The van der Waals surface area contributed by atoms with Crippen molar-refractivity contribution >= 4 is 39.1 Å². The number of carbonyl (C=O) groups is 2. The predicted molar refractivity (Wildman–Crippen MR) is 147 cm³/mol. The quantitative estimate of drug-likeness (QED) is 0.365. The predicted octanol–water partition coefficient (Wildman–Crippen LogP) is 4.52. The van der Waals surface area contributed by atoms with Crippen molar-refractivity contribution in [2.24, 2.45) is 0 Å². The fourth-order valence-electron chi connectivity index (χ4n) is 3.82. The molecule has 37 heavy (non-hydrogen) atoms. The smallest absolute Gasteiger partial charge is 0.264 e. The summed E-state index contributed by atoms with van der Waals surface area (Å²) >= 11 is 5.96. The highest BCUT2D eigenvalue weighted by Crippen LogP contribution is 2.25. The Hall–Kier alpha value is -3.36. The Balaban J connectivity index is 1.93. The molecule has 0 fully saturated rings. The van der Waals surface area contributed by atoms with Gasteiger partial charge in [-0.1, -0.05) is 67.1 Å². The highest BCUT2D eigenvalue weighted by atomic mass is 35.5. The molecule has 0 aromatic heterocycles. The third-order valence-corrected chi connectivity index (χ3v) is 7.97. The van der Waals surface area contributed by atoms with Crippen LogP contribution in [0.2, 0.25) is 5.02 Å². The van der Waals surface area contributed by atoms with E-state index in [2.05, 4.69) is 5.32 Å². The first-order chi connectivity index (χ1) is 17.7. The summed E-state index contributed by atoms with van der Waals surface area (Å²) in [6.07, 6.45) is 1.28. The number of amides is 2. The van der Waals surface area contributed by atoms with Crippen LogP contribution in [0.25, 0.3) is 0 Å². The Labute approximate surface area is 224 Å². The van der Waals surface area contributed by atoms with Crippen LogP contribution >= 0.6 is 11.6 Å². The molecule has 0 radical (unpaired) electrons. The number of halogens is 1. The molecule has 0 saturated heterocycles. The Morgan fingerprint density at radius 1 is 0.919 bits per heavy atom. The van der Waals surface area contributed by atoms with Gasteiger partial charge in [0.05, 0.1) is 10.6 Å². The molecule has 3 aromatic rings. The van der Waals surface area contributed by atoms with Crippen LogP contribution < -0.4 is 9.62 Å². The Kier molecular flexibility index (Phi) is 10.1. The summed E-state index contributed by atoms with van der Waals surface area (Å²) in [6.45, 7) is 3.89. The van der Waals surface area contributed by atoms with Crippen molar-refractivity contribution in [1.29, 1.82) is 0 Å². The fraction of sp³-hybridized carbons (Fsp3) is 0.286. The van der Waals surface area contributed by atoms with Gasteiger partial charge in [0, 0.05) is 18.1 Å². The van der Waals surface area contributed by atoms with Crippen LogP contribution in [0.5, 0.6) is 0 Å². The average Bonchev–Trinajstić information content (AvgIpc) is 2.91. The Bertz CT molecular complexity index is 1270.